The smallest absolute Gasteiger partial charge is 0.300 e. The Morgan fingerprint density at radius 1 is 0.613 bits per heavy atom. The maximum absolute atomic E-state index is 9.00. The van der Waals surface area contributed by atoms with Crippen LogP contribution in [0.1, 0.15) is 69.2 Å². The number of unbranched alkanes of at least 4 members (excludes halogenated alkanes) is 1. The Morgan fingerprint density at radius 3 is 1.67 bits per heavy atom. The summed E-state index contributed by atoms with van der Waals surface area (Å²) in [6, 6.07) is 53.5. The van der Waals surface area contributed by atoms with Crippen LogP contribution in [0.3, 0.4) is 0 Å². The lowest BCUT2D eigenvalue weighted by molar-refractivity contribution is -0.134. The Kier molecular flexibility index (Phi) is 26.3. The predicted molar refractivity (Wildman–Crippen MR) is 310 cm³/mol. The van der Waals surface area contributed by atoms with E-state index < -0.39 is 13.2 Å². The van der Waals surface area contributed by atoms with E-state index in [1.54, 1.807) is 0 Å². The molecule has 6 rings (SSSR count). The molecule has 0 aliphatic carbocycles. The molecule has 10 heteroatoms. The van der Waals surface area contributed by atoms with Crippen LogP contribution in [0.5, 0.6) is 28.7 Å². The van der Waals surface area contributed by atoms with Crippen LogP contribution in [-0.2, 0) is 35.9 Å². The number of aliphatic carboxylic acids is 1. The van der Waals surface area contributed by atoms with E-state index >= 15 is 0 Å². The van der Waals surface area contributed by atoms with Crippen LogP contribution in [0.25, 0.3) is 0 Å². The van der Waals surface area contributed by atoms with Gasteiger partial charge in [0.25, 0.3) is 5.97 Å². The number of hydrogen-bond acceptors (Lipinski definition) is 8. The number of nitrogens with zero attached hydrogens (tertiary/aromatic N) is 1. The summed E-state index contributed by atoms with van der Waals surface area (Å²) in [5.74, 6) is 2.28. The molecule has 0 saturated carbocycles. The molecular weight excluding hydrogens is 954 g/mol. The first-order valence-electron chi connectivity index (χ1n) is 25.9. The van der Waals surface area contributed by atoms with Gasteiger partial charge in [0.05, 0.1) is 26.0 Å². The Labute approximate surface area is 447 Å². The molecule has 0 aromatic heterocycles. The minimum absolute atomic E-state index is 0.356. The third kappa shape index (κ3) is 20.2. The molecule has 1 atom stereocenters. The first-order chi connectivity index (χ1) is 36.7. The highest BCUT2D eigenvalue weighted by atomic mass is 31.2. The third-order valence-electron chi connectivity index (χ3n) is 11.9. The Morgan fingerprint density at radius 2 is 1.15 bits per heavy atom. The minimum Gasteiger partial charge on any atom is -0.494 e. The Balaban J connectivity index is 0.00000251. The second-order valence-electron chi connectivity index (χ2n) is 17.7. The Bertz CT molecular complexity index is 2620. The van der Waals surface area contributed by atoms with E-state index in [1.165, 1.54) is 21.5 Å². The fraction of sp³-hybridized carbons (Fsp3) is 0.277. The van der Waals surface area contributed by atoms with Gasteiger partial charge >= 0.3 is 0 Å². The summed E-state index contributed by atoms with van der Waals surface area (Å²) in [4.78, 5) is 11.3. The normalized spacial score (nSPS) is 12.5. The van der Waals surface area contributed by atoms with Gasteiger partial charge in [-0.1, -0.05) is 153 Å². The third-order valence-corrected chi connectivity index (χ3v) is 16.5. The molecular formula is C65H77NO8P+. The van der Waals surface area contributed by atoms with Crippen LogP contribution in [0.15, 0.2) is 217 Å². The molecule has 0 bridgehead atoms. The van der Waals surface area contributed by atoms with Gasteiger partial charge in [-0.05, 0) is 111 Å². The van der Waals surface area contributed by atoms with Crippen LogP contribution in [0.2, 0.25) is 0 Å². The van der Waals surface area contributed by atoms with E-state index in [2.05, 4.69) is 130 Å². The van der Waals surface area contributed by atoms with Gasteiger partial charge < -0.3 is 33.5 Å². The van der Waals surface area contributed by atoms with Crippen LogP contribution < -0.4 is 29.0 Å². The highest BCUT2D eigenvalue weighted by molar-refractivity contribution is 7.90. The SMILES string of the molecule is C=C/C=C\C(=C/C)[P+](CCCCOc1ccc(CN(C)CCOCCOc2cc(OCc3ccccc3)c(OCc3ccccc3)c(OCc3ccccc3)c2)cc1)(C(/C=C\C)=C/CC)c1ccccc1.CC(=O)O. The summed E-state index contributed by atoms with van der Waals surface area (Å²) in [7, 11) is 0.199. The summed E-state index contributed by atoms with van der Waals surface area (Å²) >= 11 is 0. The quantitative estimate of drug-likeness (QED) is 0.0259. The monoisotopic (exact) mass is 1030 g/mol. The van der Waals surface area contributed by atoms with E-state index in [-0.39, 0.29) is 0 Å². The molecule has 9 nitrogen and oxygen atoms in total. The van der Waals surface area contributed by atoms with Gasteiger partial charge in [0.1, 0.15) is 61.1 Å². The summed E-state index contributed by atoms with van der Waals surface area (Å²) < 4.78 is 37.9. The molecule has 75 heavy (non-hydrogen) atoms. The van der Waals surface area contributed by atoms with Crippen molar-refractivity contribution < 1.29 is 38.3 Å². The molecule has 0 aliphatic heterocycles. The highest BCUT2D eigenvalue weighted by Crippen LogP contribution is 2.72. The number of likely N-dealkylation sites (N-methyl/N-ethyl adjacent to an activating group) is 1. The molecule has 0 fully saturated rings. The lowest BCUT2D eigenvalue weighted by atomic mass is 10.2. The van der Waals surface area contributed by atoms with Crippen molar-refractivity contribution in [3.8, 4) is 28.7 Å². The molecule has 1 N–H and O–H groups in total. The molecule has 0 amide bonds. The molecule has 394 valence electrons. The maximum atomic E-state index is 9.00. The average Bonchev–Trinajstić information content (AvgIpc) is 3.43. The number of ether oxygens (including phenoxy) is 6. The van der Waals surface area contributed by atoms with Crippen molar-refractivity contribution in [1.82, 2.24) is 4.90 Å². The number of allylic oxidation sites excluding steroid dienone is 9. The zero-order valence-corrected chi connectivity index (χ0v) is 45.5. The van der Waals surface area contributed by atoms with Crippen molar-refractivity contribution in [3.05, 3.63) is 240 Å². The molecule has 6 aromatic rings. The number of hydrogen-bond donors (Lipinski definition) is 1. The number of carboxylic acids is 1. The minimum atomic E-state index is -1.91. The predicted octanol–water partition coefficient (Wildman–Crippen LogP) is 15.1. The largest absolute Gasteiger partial charge is 0.494 e. The molecule has 0 radical (unpaired) electrons. The zero-order chi connectivity index (χ0) is 53.4. The van der Waals surface area contributed by atoms with E-state index in [0.717, 1.165) is 67.9 Å². The lowest BCUT2D eigenvalue weighted by Crippen LogP contribution is -2.23. The zero-order valence-electron chi connectivity index (χ0n) is 44.7. The van der Waals surface area contributed by atoms with Crippen molar-refractivity contribution in [2.24, 2.45) is 0 Å². The molecule has 0 spiro atoms. The second kappa shape index (κ2) is 33.6. The van der Waals surface area contributed by atoms with Gasteiger partial charge in [0.2, 0.25) is 5.75 Å². The number of carboxylic acid groups (broad SMARTS) is 1. The van der Waals surface area contributed by atoms with Crippen molar-refractivity contribution in [1.29, 1.82) is 0 Å². The van der Waals surface area contributed by atoms with Crippen molar-refractivity contribution in [2.75, 3.05) is 46.2 Å². The van der Waals surface area contributed by atoms with Crippen LogP contribution >= 0.6 is 7.26 Å². The number of rotatable bonds is 31. The first kappa shape index (κ1) is 58.7. The number of benzene rings is 6. The van der Waals surface area contributed by atoms with E-state index in [9.17, 15) is 0 Å². The summed E-state index contributed by atoms with van der Waals surface area (Å²) in [5.41, 5.74) is 4.34. The number of carbonyl (C=O) groups is 1. The lowest BCUT2D eigenvalue weighted by Gasteiger charge is -2.29. The summed E-state index contributed by atoms with van der Waals surface area (Å²) in [5, 5.41) is 11.6. The average molecular weight is 1030 g/mol. The van der Waals surface area contributed by atoms with Crippen LogP contribution in [-0.4, -0.2) is 62.2 Å². The maximum Gasteiger partial charge on any atom is 0.300 e. The highest BCUT2D eigenvalue weighted by Gasteiger charge is 2.46. The van der Waals surface area contributed by atoms with Crippen LogP contribution in [0.4, 0.5) is 0 Å². The fourth-order valence-corrected chi connectivity index (χ4v) is 13.0. The van der Waals surface area contributed by atoms with Gasteiger partial charge in [0.15, 0.2) is 11.5 Å². The summed E-state index contributed by atoms with van der Waals surface area (Å²) in [6.07, 6.45) is 19.5. The van der Waals surface area contributed by atoms with E-state index in [0.29, 0.717) is 69.2 Å². The fourth-order valence-electron chi connectivity index (χ4n) is 8.32. The molecule has 0 heterocycles. The summed E-state index contributed by atoms with van der Waals surface area (Å²) in [6.45, 7) is 16.2. The van der Waals surface area contributed by atoms with Gasteiger partial charge in [-0.25, -0.2) is 0 Å². The van der Waals surface area contributed by atoms with Crippen LogP contribution in [0, 0.1) is 0 Å². The second-order valence-corrected chi connectivity index (χ2v) is 21.3. The molecule has 0 aliphatic rings. The first-order valence-corrected chi connectivity index (χ1v) is 27.9. The van der Waals surface area contributed by atoms with E-state index in [1.807, 2.05) is 109 Å². The van der Waals surface area contributed by atoms with Gasteiger partial charge in [-0.3, -0.25) is 9.69 Å². The Hall–Kier alpha value is -7.16. The molecule has 0 saturated heterocycles. The van der Waals surface area contributed by atoms with E-state index in [4.69, 9.17) is 38.3 Å². The molecule has 6 aromatic carbocycles. The topological polar surface area (TPSA) is 95.9 Å². The van der Waals surface area contributed by atoms with Crippen molar-refractivity contribution in [2.45, 2.75) is 73.3 Å². The van der Waals surface area contributed by atoms with Crippen molar-refractivity contribution >= 4 is 18.5 Å². The van der Waals surface area contributed by atoms with Crippen molar-refractivity contribution in [3.63, 3.8) is 0 Å². The molecule has 1 unspecified atom stereocenters. The standard InChI is InChI=1S/C63H73NO6P.C2H4O2/c1-6-10-33-58(9-4)71(59(25-7-2)26-8-3,60-34-21-14-22-35-60)45-24-23-41-66-56-38-36-52(37-39-56)48-64(5)40-42-65-43-44-67-57-46-61(68-49-53-27-15-11-16-28-53)63(70-51-55-31-19-13-20-32-55)62(47-57)69-50-54-29-17-12-18-30-54;1-2(3)4/h6-7,9-22,25-39,46-47H,1,8,23-24,40-45,48-51H2,2-5H3;1H3,(H,3,4)/q+1;/b25-7-,33-10-,58-9+,59-26+;. The van der Waals surface area contributed by atoms with Gasteiger partial charge in [-0.2, -0.15) is 0 Å². The van der Waals surface area contributed by atoms with Gasteiger partial charge in [-0.15, -0.1) is 0 Å². The van der Waals surface area contributed by atoms with Gasteiger partial charge in [0, 0.05) is 32.1 Å².